The summed E-state index contributed by atoms with van der Waals surface area (Å²) in [7, 11) is 0. The Bertz CT molecular complexity index is 927. The first kappa shape index (κ1) is 22.6. The van der Waals surface area contributed by atoms with Gasteiger partial charge in [0.25, 0.3) is 5.91 Å². The van der Waals surface area contributed by atoms with Crippen molar-refractivity contribution in [2.24, 2.45) is 0 Å². The Hall–Kier alpha value is -2.54. The van der Waals surface area contributed by atoms with E-state index in [4.69, 9.17) is 9.15 Å². The number of nitrogens with one attached hydrogen (secondary N) is 1. The van der Waals surface area contributed by atoms with Gasteiger partial charge in [-0.2, -0.15) is 0 Å². The molecule has 2 aromatic rings. The van der Waals surface area contributed by atoms with E-state index in [1.54, 1.807) is 11.2 Å². The van der Waals surface area contributed by atoms with Crippen LogP contribution in [0, 0.1) is 0 Å². The van der Waals surface area contributed by atoms with Gasteiger partial charge < -0.3 is 23.9 Å². The van der Waals surface area contributed by atoms with Gasteiger partial charge in [-0.3, -0.25) is 9.59 Å². The molecule has 2 aliphatic rings. The predicted molar refractivity (Wildman–Crippen MR) is 122 cm³/mol. The Morgan fingerprint density at radius 1 is 1.22 bits per heavy atom. The third kappa shape index (κ3) is 4.49. The summed E-state index contributed by atoms with van der Waals surface area (Å²) in [6, 6.07) is 7.62. The number of hydrogen-bond acceptors (Lipinski definition) is 4. The molecule has 1 fully saturated rings. The van der Waals surface area contributed by atoms with Crippen LogP contribution in [0.3, 0.4) is 0 Å². The van der Waals surface area contributed by atoms with Crippen LogP contribution in [0.5, 0.6) is 0 Å². The first-order valence-electron chi connectivity index (χ1n) is 11.9. The lowest BCUT2D eigenvalue weighted by Gasteiger charge is -2.45. The maximum Gasteiger partial charge on any atom is 0.271 e. The molecule has 7 heteroatoms. The van der Waals surface area contributed by atoms with Crippen LogP contribution in [-0.4, -0.2) is 52.1 Å². The Kier molecular flexibility index (Phi) is 6.74. The minimum Gasteiger partial charge on any atom is -0.463 e. The standard InChI is InChI=1S/C25H35N3O4/c1-18(2)31-16-8-14-28-23(29)21-13-12-20(22-11-7-15-32-22)27(21)17-25(28,3)24(30)26-19-9-5-4-6-10-19/h7,11-13,15,18-19H,4-6,8-10,14,16-17H2,1-3H3,(H,26,30). The van der Waals surface area contributed by atoms with E-state index in [-0.39, 0.29) is 24.0 Å². The number of hydrogen-bond donors (Lipinski definition) is 1. The van der Waals surface area contributed by atoms with Crippen LogP contribution in [0.25, 0.3) is 11.5 Å². The number of carbonyl (C=O) groups is 2. The topological polar surface area (TPSA) is 76.7 Å². The average Bonchev–Trinajstić information content (AvgIpc) is 3.43. The normalized spacial score (nSPS) is 21.8. The van der Waals surface area contributed by atoms with Crippen LogP contribution >= 0.6 is 0 Å². The van der Waals surface area contributed by atoms with Crippen molar-refractivity contribution in [1.82, 2.24) is 14.8 Å². The number of amides is 2. The molecule has 0 spiro atoms. The monoisotopic (exact) mass is 441 g/mol. The van der Waals surface area contributed by atoms with Crippen LogP contribution in [-0.2, 0) is 16.1 Å². The fourth-order valence-electron chi connectivity index (χ4n) is 4.89. The molecule has 3 heterocycles. The highest BCUT2D eigenvalue weighted by molar-refractivity contribution is 6.00. The van der Waals surface area contributed by atoms with Gasteiger partial charge >= 0.3 is 0 Å². The first-order chi connectivity index (χ1) is 15.4. The minimum atomic E-state index is -0.986. The van der Waals surface area contributed by atoms with E-state index in [0.29, 0.717) is 37.6 Å². The van der Waals surface area contributed by atoms with Crippen LogP contribution in [0.4, 0.5) is 0 Å². The number of aromatic nitrogens is 1. The number of carbonyl (C=O) groups excluding carboxylic acids is 2. The molecule has 1 aliphatic heterocycles. The molecule has 0 radical (unpaired) electrons. The molecule has 32 heavy (non-hydrogen) atoms. The van der Waals surface area contributed by atoms with Gasteiger partial charge in [0.05, 0.1) is 24.6 Å². The van der Waals surface area contributed by atoms with Crippen molar-refractivity contribution < 1.29 is 18.7 Å². The third-order valence-corrected chi connectivity index (χ3v) is 6.69. The summed E-state index contributed by atoms with van der Waals surface area (Å²) in [5, 5.41) is 3.26. The SMILES string of the molecule is CC(C)OCCCN1C(=O)c2ccc(-c3ccco3)n2CC1(C)C(=O)NC1CCCCC1. The summed E-state index contributed by atoms with van der Waals surface area (Å²) in [5.41, 5.74) is 0.418. The molecule has 2 aromatic heterocycles. The van der Waals surface area contributed by atoms with Gasteiger partial charge in [-0.1, -0.05) is 19.3 Å². The smallest absolute Gasteiger partial charge is 0.271 e. The van der Waals surface area contributed by atoms with Gasteiger partial charge in [-0.05, 0) is 64.3 Å². The summed E-state index contributed by atoms with van der Waals surface area (Å²) >= 11 is 0. The van der Waals surface area contributed by atoms with Crippen LogP contribution in [0.1, 0.15) is 69.8 Å². The van der Waals surface area contributed by atoms with Gasteiger partial charge in [0.1, 0.15) is 17.0 Å². The average molecular weight is 442 g/mol. The van der Waals surface area contributed by atoms with Crippen molar-refractivity contribution in [3.63, 3.8) is 0 Å². The van der Waals surface area contributed by atoms with E-state index in [1.165, 1.54) is 6.42 Å². The van der Waals surface area contributed by atoms with Crippen LogP contribution in [0.15, 0.2) is 34.9 Å². The molecular formula is C25H35N3O4. The second-order valence-electron chi connectivity index (χ2n) is 9.48. The van der Waals surface area contributed by atoms with Gasteiger partial charge in [0.15, 0.2) is 0 Å². The number of nitrogens with zero attached hydrogens (tertiary/aromatic N) is 2. The predicted octanol–water partition coefficient (Wildman–Crippen LogP) is 4.23. The molecule has 1 N–H and O–H groups in total. The number of furan rings is 1. The molecule has 0 aromatic carbocycles. The highest BCUT2D eigenvalue weighted by Crippen LogP contribution is 2.34. The van der Waals surface area contributed by atoms with Crippen molar-refractivity contribution in [1.29, 1.82) is 0 Å². The van der Waals surface area contributed by atoms with Crippen LogP contribution in [0.2, 0.25) is 0 Å². The zero-order chi connectivity index (χ0) is 22.7. The minimum absolute atomic E-state index is 0.0766. The van der Waals surface area contributed by atoms with Crippen molar-refractivity contribution >= 4 is 11.8 Å². The Morgan fingerprint density at radius 3 is 2.66 bits per heavy atom. The second-order valence-corrected chi connectivity index (χ2v) is 9.48. The number of ether oxygens (including phenoxy) is 1. The van der Waals surface area contributed by atoms with E-state index >= 15 is 0 Å². The lowest BCUT2D eigenvalue weighted by atomic mass is 9.91. The molecule has 1 atom stereocenters. The zero-order valence-electron chi connectivity index (χ0n) is 19.4. The van der Waals surface area contributed by atoms with Crippen molar-refractivity contribution in [3.05, 3.63) is 36.2 Å². The van der Waals surface area contributed by atoms with Gasteiger partial charge in [-0.15, -0.1) is 0 Å². The molecule has 7 nitrogen and oxygen atoms in total. The number of fused-ring (bicyclic) bond motifs is 1. The summed E-state index contributed by atoms with van der Waals surface area (Å²) in [4.78, 5) is 29.0. The van der Waals surface area contributed by atoms with Gasteiger partial charge in [0, 0.05) is 19.2 Å². The fourth-order valence-corrected chi connectivity index (χ4v) is 4.89. The van der Waals surface area contributed by atoms with E-state index in [0.717, 1.165) is 31.4 Å². The highest BCUT2D eigenvalue weighted by Gasteiger charge is 2.48. The quantitative estimate of drug-likeness (QED) is 0.622. The summed E-state index contributed by atoms with van der Waals surface area (Å²) in [5.74, 6) is 0.491. The third-order valence-electron chi connectivity index (χ3n) is 6.69. The van der Waals surface area contributed by atoms with E-state index in [9.17, 15) is 9.59 Å². The maximum absolute atomic E-state index is 13.6. The lowest BCUT2D eigenvalue weighted by molar-refractivity contribution is -0.134. The Morgan fingerprint density at radius 2 is 1.97 bits per heavy atom. The van der Waals surface area contributed by atoms with Crippen molar-refractivity contribution in [2.75, 3.05) is 13.2 Å². The lowest BCUT2D eigenvalue weighted by Crippen LogP contribution is -2.65. The zero-order valence-corrected chi connectivity index (χ0v) is 19.4. The molecule has 174 valence electrons. The highest BCUT2D eigenvalue weighted by atomic mass is 16.5. The van der Waals surface area contributed by atoms with Gasteiger partial charge in [-0.25, -0.2) is 0 Å². The molecule has 0 bridgehead atoms. The van der Waals surface area contributed by atoms with E-state index in [1.807, 2.05) is 49.6 Å². The molecule has 4 rings (SSSR count). The van der Waals surface area contributed by atoms with Crippen molar-refractivity contribution in [2.45, 2.75) is 83.5 Å². The summed E-state index contributed by atoms with van der Waals surface area (Å²) in [6.07, 6.45) is 7.96. The molecule has 1 saturated carbocycles. The van der Waals surface area contributed by atoms with Crippen molar-refractivity contribution in [3.8, 4) is 11.5 Å². The Balaban J connectivity index is 1.61. The molecular weight excluding hydrogens is 406 g/mol. The molecule has 0 saturated heterocycles. The second kappa shape index (κ2) is 9.53. The molecule has 1 aliphatic carbocycles. The summed E-state index contributed by atoms with van der Waals surface area (Å²) in [6.45, 7) is 7.30. The molecule has 2 amide bonds. The van der Waals surface area contributed by atoms with Gasteiger partial charge in [0.2, 0.25) is 5.91 Å². The maximum atomic E-state index is 13.6. The molecule has 1 unspecified atom stereocenters. The van der Waals surface area contributed by atoms with Crippen LogP contribution < -0.4 is 5.32 Å². The fraction of sp³-hybridized carbons (Fsp3) is 0.600. The largest absolute Gasteiger partial charge is 0.463 e. The Labute approximate surface area is 190 Å². The van der Waals surface area contributed by atoms with E-state index in [2.05, 4.69) is 5.32 Å². The first-order valence-corrected chi connectivity index (χ1v) is 11.9. The number of rotatable bonds is 8. The summed E-state index contributed by atoms with van der Waals surface area (Å²) < 4.78 is 13.2. The van der Waals surface area contributed by atoms with E-state index < -0.39 is 5.54 Å².